The lowest BCUT2D eigenvalue weighted by molar-refractivity contribution is -0.139. The quantitative estimate of drug-likeness (QED) is 0.571. The average Bonchev–Trinajstić information content (AvgIpc) is 2.13. The highest BCUT2D eigenvalue weighted by Gasteiger charge is 2.39. The van der Waals surface area contributed by atoms with Crippen LogP contribution in [0.4, 0.5) is 0 Å². The molecule has 5 heteroatoms. The molecule has 0 heterocycles. The largest absolute Gasteiger partial charge is 0.481 e. The number of rotatable bonds is 7. The fourth-order valence-corrected chi connectivity index (χ4v) is 2.60. The van der Waals surface area contributed by atoms with Gasteiger partial charge >= 0.3 is 5.97 Å². The second kappa shape index (κ2) is 6.29. The van der Waals surface area contributed by atoms with Crippen molar-refractivity contribution >= 4 is 20.1 Å². The van der Waals surface area contributed by atoms with Crippen LogP contribution >= 0.6 is 0 Å². The van der Waals surface area contributed by atoms with E-state index in [0.29, 0.717) is 0 Å². The zero-order chi connectivity index (χ0) is 14.6. The Hall–Kier alpha value is -0.943. The Bertz CT molecular complexity index is 328. The number of carboxylic acid groups (broad SMARTS) is 1. The van der Waals surface area contributed by atoms with Crippen LogP contribution in [0.3, 0.4) is 0 Å². The normalized spacial score (nSPS) is 14.1. The Morgan fingerprint density at radius 1 is 1.33 bits per heavy atom. The third-order valence-electron chi connectivity index (χ3n) is 3.33. The van der Waals surface area contributed by atoms with Crippen molar-refractivity contribution in [3.63, 3.8) is 0 Å². The monoisotopic (exact) mass is 272 g/mol. The minimum absolute atomic E-state index is 0.0129. The smallest absolute Gasteiger partial charge is 0.305 e. The highest BCUT2D eigenvalue weighted by molar-refractivity contribution is 6.74. The molecule has 0 unspecified atom stereocenters. The highest BCUT2D eigenvalue weighted by atomic mass is 28.4. The molecule has 104 valence electrons. The van der Waals surface area contributed by atoms with E-state index in [0.717, 1.165) is 0 Å². The van der Waals surface area contributed by atoms with Crippen molar-refractivity contribution < 1.29 is 19.1 Å². The molecule has 0 aromatic carbocycles. The van der Waals surface area contributed by atoms with Crippen LogP contribution in [0, 0.1) is 0 Å². The zero-order valence-corrected chi connectivity index (χ0v) is 12.9. The van der Waals surface area contributed by atoms with Crippen molar-refractivity contribution in [2.24, 2.45) is 0 Å². The standard InChI is InChI=1S/C13H24O4Si/c1-7-10(14)8-11(9-12(15)16)17-18(5,6)13(2,3)4/h7,11H,1,8-9H2,2-6H3,(H,15,16)/t11-/m1/s1. The van der Waals surface area contributed by atoms with Crippen LogP contribution in [-0.4, -0.2) is 31.3 Å². The fraction of sp³-hybridized carbons (Fsp3) is 0.692. The number of ketones is 1. The first kappa shape index (κ1) is 17.1. The summed E-state index contributed by atoms with van der Waals surface area (Å²) in [6.45, 7) is 13.7. The maximum Gasteiger partial charge on any atom is 0.305 e. The highest BCUT2D eigenvalue weighted by Crippen LogP contribution is 2.38. The van der Waals surface area contributed by atoms with Crippen LogP contribution in [0.1, 0.15) is 33.6 Å². The van der Waals surface area contributed by atoms with Gasteiger partial charge in [-0.25, -0.2) is 0 Å². The molecule has 0 saturated carbocycles. The molecule has 0 aliphatic carbocycles. The van der Waals surface area contributed by atoms with Crippen molar-refractivity contribution in [2.45, 2.75) is 57.8 Å². The van der Waals surface area contributed by atoms with Crippen LogP contribution in [0.2, 0.25) is 18.1 Å². The van der Waals surface area contributed by atoms with E-state index in [-0.39, 0.29) is 23.7 Å². The van der Waals surface area contributed by atoms with Gasteiger partial charge in [-0.1, -0.05) is 27.4 Å². The van der Waals surface area contributed by atoms with Gasteiger partial charge in [0.25, 0.3) is 0 Å². The molecule has 0 aromatic rings. The number of hydrogen-bond acceptors (Lipinski definition) is 3. The van der Waals surface area contributed by atoms with Gasteiger partial charge in [-0.2, -0.15) is 0 Å². The molecule has 0 aliphatic rings. The fourth-order valence-electron chi connectivity index (χ4n) is 1.25. The van der Waals surface area contributed by atoms with E-state index in [4.69, 9.17) is 9.53 Å². The Kier molecular flexibility index (Phi) is 5.96. The van der Waals surface area contributed by atoms with Gasteiger partial charge in [0, 0.05) is 6.42 Å². The molecule has 1 atom stereocenters. The van der Waals surface area contributed by atoms with E-state index >= 15 is 0 Å². The molecule has 0 fully saturated rings. The lowest BCUT2D eigenvalue weighted by Gasteiger charge is -2.38. The number of carbonyl (C=O) groups excluding carboxylic acids is 1. The summed E-state index contributed by atoms with van der Waals surface area (Å²) >= 11 is 0. The summed E-state index contributed by atoms with van der Waals surface area (Å²) in [5.41, 5.74) is 0. The van der Waals surface area contributed by atoms with Gasteiger partial charge in [-0.15, -0.1) is 0 Å². The molecule has 0 aromatic heterocycles. The summed E-state index contributed by atoms with van der Waals surface area (Å²) < 4.78 is 5.98. The number of aliphatic carboxylic acids is 1. The molecular formula is C13H24O4Si. The Morgan fingerprint density at radius 3 is 2.17 bits per heavy atom. The van der Waals surface area contributed by atoms with Crippen molar-refractivity contribution in [2.75, 3.05) is 0 Å². The van der Waals surface area contributed by atoms with Gasteiger partial charge in [0.15, 0.2) is 14.1 Å². The Labute approximate surface area is 110 Å². The van der Waals surface area contributed by atoms with Crippen molar-refractivity contribution in [1.82, 2.24) is 0 Å². The zero-order valence-electron chi connectivity index (χ0n) is 11.9. The van der Waals surface area contributed by atoms with Gasteiger partial charge in [0.2, 0.25) is 0 Å². The first-order valence-corrected chi connectivity index (χ1v) is 8.95. The molecule has 0 bridgehead atoms. The van der Waals surface area contributed by atoms with Gasteiger partial charge in [-0.3, -0.25) is 9.59 Å². The SMILES string of the molecule is C=CC(=O)C[C@H](CC(=O)O)O[Si](C)(C)C(C)(C)C. The number of carboxylic acids is 1. The molecule has 0 saturated heterocycles. The van der Waals surface area contributed by atoms with E-state index in [2.05, 4.69) is 27.4 Å². The van der Waals surface area contributed by atoms with Crippen molar-refractivity contribution in [3.8, 4) is 0 Å². The third kappa shape index (κ3) is 5.60. The average molecular weight is 272 g/mol. The van der Waals surface area contributed by atoms with Gasteiger partial charge in [-0.05, 0) is 24.2 Å². The summed E-state index contributed by atoms with van der Waals surface area (Å²) in [7, 11) is -2.06. The summed E-state index contributed by atoms with van der Waals surface area (Å²) in [6.07, 6.45) is 0.590. The minimum atomic E-state index is -2.06. The molecule has 0 amide bonds. The van der Waals surface area contributed by atoms with E-state index < -0.39 is 20.4 Å². The van der Waals surface area contributed by atoms with Gasteiger partial charge < -0.3 is 9.53 Å². The summed E-state index contributed by atoms with van der Waals surface area (Å²) in [6, 6.07) is 0. The molecule has 0 radical (unpaired) electrons. The van der Waals surface area contributed by atoms with Gasteiger partial charge in [0.1, 0.15) is 0 Å². The molecule has 1 N–H and O–H groups in total. The Balaban J connectivity index is 4.83. The number of carbonyl (C=O) groups is 2. The topological polar surface area (TPSA) is 63.6 Å². The molecule has 18 heavy (non-hydrogen) atoms. The third-order valence-corrected chi connectivity index (χ3v) is 7.86. The van der Waals surface area contributed by atoms with Crippen molar-refractivity contribution in [1.29, 1.82) is 0 Å². The predicted molar refractivity (Wildman–Crippen MR) is 74.1 cm³/mol. The molecule has 4 nitrogen and oxygen atoms in total. The van der Waals surface area contributed by atoms with E-state index in [1.807, 2.05) is 13.1 Å². The first-order valence-electron chi connectivity index (χ1n) is 6.04. The van der Waals surface area contributed by atoms with Gasteiger partial charge in [0.05, 0.1) is 12.5 Å². The number of hydrogen-bond donors (Lipinski definition) is 1. The molecule has 0 spiro atoms. The molecule has 0 aliphatic heterocycles. The lowest BCUT2D eigenvalue weighted by atomic mass is 10.1. The minimum Gasteiger partial charge on any atom is -0.481 e. The first-order chi connectivity index (χ1) is 7.99. The van der Waals surface area contributed by atoms with Crippen LogP contribution in [0.15, 0.2) is 12.7 Å². The van der Waals surface area contributed by atoms with Crippen LogP contribution in [-0.2, 0) is 14.0 Å². The summed E-state index contributed by atoms with van der Waals surface area (Å²) in [4.78, 5) is 22.2. The molecule has 0 rings (SSSR count). The Morgan fingerprint density at radius 2 is 1.83 bits per heavy atom. The van der Waals surface area contributed by atoms with E-state index in [1.165, 1.54) is 6.08 Å². The van der Waals surface area contributed by atoms with Crippen LogP contribution in [0.25, 0.3) is 0 Å². The maximum absolute atomic E-state index is 11.4. The maximum atomic E-state index is 11.4. The van der Waals surface area contributed by atoms with Crippen molar-refractivity contribution in [3.05, 3.63) is 12.7 Å². The van der Waals surface area contributed by atoms with E-state index in [9.17, 15) is 9.59 Å². The summed E-state index contributed by atoms with van der Waals surface area (Å²) in [5, 5.41) is 8.85. The summed E-state index contributed by atoms with van der Waals surface area (Å²) in [5.74, 6) is -1.13. The second-order valence-electron chi connectivity index (χ2n) is 5.97. The molecular weight excluding hydrogens is 248 g/mol. The predicted octanol–water partition coefficient (Wildman–Crippen LogP) is 3.00. The lowest BCUT2D eigenvalue weighted by Crippen LogP contribution is -2.44. The number of allylic oxidation sites excluding steroid dienone is 1. The van der Waals surface area contributed by atoms with Crippen LogP contribution < -0.4 is 0 Å². The van der Waals surface area contributed by atoms with E-state index in [1.54, 1.807) is 0 Å². The second-order valence-corrected chi connectivity index (χ2v) is 10.7. The van der Waals surface area contributed by atoms with Crippen LogP contribution in [0.5, 0.6) is 0 Å².